The maximum absolute atomic E-state index is 11.8. The summed E-state index contributed by atoms with van der Waals surface area (Å²) in [5.41, 5.74) is -1.44. The van der Waals surface area contributed by atoms with Gasteiger partial charge < -0.3 is 18.6 Å². The second kappa shape index (κ2) is 7.32. The SMILES string of the molecule is CCOC(=O)c1cc(C(=O)OCC)c(=O)oc1OCC. The first-order chi connectivity index (χ1) is 9.54. The molecule has 110 valence electrons. The number of hydrogen-bond acceptors (Lipinski definition) is 7. The van der Waals surface area contributed by atoms with Crippen molar-refractivity contribution in [3.05, 3.63) is 27.6 Å². The van der Waals surface area contributed by atoms with E-state index in [0.717, 1.165) is 6.07 Å². The summed E-state index contributed by atoms with van der Waals surface area (Å²) in [6, 6.07) is 1.06. The molecule has 0 radical (unpaired) electrons. The number of rotatable bonds is 6. The van der Waals surface area contributed by atoms with E-state index in [1.807, 2.05) is 0 Å². The van der Waals surface area contributed by atoms with Crippen LogP contribution in [0.2, 0.25) is 0 Å². The van der Waals surface area contributed by atoms with Crippen molar-refractivity contribution >= 4 is 11.9 Å². The molecule has 0 N–H and O–H groups in total. The Balaban J connectivity index is 3.30. The van der Waals surface area contributed by atoms with Crippen LogP contribution in [0.3, 0.4) is 0 Å². The van der Waals surface area contributed by atoms with Gasteiger partial charge >= 0.3 is 23.5 Å². The zero-order valence-corrected chi connectivity index (χ0v) is 11.6. The first kappa shape index (κ1) is 15.7. The average molecular weight is 284 g/mol. The Kier molecular flexibility index (Phi) is 5.76. The summed E-state index contributed by atoms with van der Waals surface area (Å²) >= 11 is 0. The van der Waals surface area contributed by atoms with Crippen LogP contribution in [0.4, 0.5) is 0 Å². The molecule has 0 atom stereocenters. The first-order valence-corrected chi connectivity index (χ1v) is 6.20. The van der Waals surface area contributed by atoms with Crippen LogP contribution in [0.1, 0.15) is 41.5 Å². The van der Waals surface area contributed by atoms with E-state index >= 15 is 0 Å². The van der Waals surface area contributed by atoms with E-state index in [2.05, 4.69) is 0 Å². The van der Waals surface area contributed by atoms with Crippen LogP contribution in [0.5, 0.6) is 5.95 Å². The summed E-state index contributed by atoms with van der Waals surface area (Å²) in [4.78, 5) is 35.0. The first-order valence-electron chi connectivity index (χ1n) is 6.20. The molecule has 20 heavy (non-hydrogen) atoms. The van der Waals surface area contributed by atoms with Crippen molar-refractivity contribution in [2.24, 2.45) is 0 Å². The Morgan fingerprint density at radius 2 is 1.55 bits per heavy atom. The highest BCUT2D eigenvalue weighted by atomic mass is 16.6. The molecular formula is C13H16O7. The lowest BCUT2D eigenvalue weighted by Gasteiger charge is -2.08. The normalized spacial score (nSPS) is 9.95. The molecule has 0 unspecified atom stereocenters. The average Bonchev–Trinajstić information content (AvgIpc) is 2.39. The fraction of sp³-hybridized carbons (Fsp3) is 0.462. The van der Waals surface area contributed by atoms with Crippen molar-refractivity contribution < 1.29 is 28.2 Å². The molecular weight excluding hydrogens is 268 g/mol. The van der Waals surface area contributed by atoms with Crippen LogP contribution in [-0.4, -0.2) is 31.8 Å². The van der Waals surface area contributed by atoms with Gasteiger partial charge in [0.15, 0.2) is 0 Å². The van der Waals surface area contributed by atoms with Crippen LogP contribution < -0.4 is 10.4 Å². The van der Waals surface area contributed by atoms with Gasteiger partial charge in [0.25, 0.3) is 0 Å². The van der Waals surface area contributed by atoms with Gasteiger partial charge in [-0.25, -0.2) is 14.4 Å². The van der Waals surface area contributed by atoms with Gasteiger partial charge in [0.1, 0.15) is 11.1 Å². The van der Waals surface area contributed by atoms with Crippen molar-refractivity contribution in [1.82, 2.24) is 0 Å². The van der Waals surface area contributed by atoms with Gasteiger partial charge in [0.05, 0.1) is 19.8 Å². The standard InChI is InChI=1S/C13H16O7/c1-4-17-10(14)8-7-9(11(15)18-5-2)13(19-6-3)20-12(8)16/h7H,4-6H2,1-3H3. The third-order valence-electron chi connectivity index (χ3n) is 2.18. The number of esters is 2. The van der Waals surface area contributed by atoms with Gasteiger partial charge in [-0.05, 0) is 26.8 Å². The lowest BCUT2D eigenvalue weighted by atomic mass is 10.2. The van der Waals surface area contributed by atoms with Crippen LogP contribution in [0.15, 0.2) is 15.3 Å². The highest BCUT2D eigenvalue weighted by Gasteiger charge is 2.23. The van der Waals surface area contributed by atoms with E-state index in [1.54, 1.807) is 20.8 Å². The van der Waals surface area contributed by atoms with E-state index < -0.39 is 17.6 Å². The molecule has 0 fully saturated rings. The number of hydrogen-bond donors (Lipinski definition) is 0. The lowest BCUT2D eigenvalue weighted by molar-refractivity contribution is 0.0509. The number of carbonyl (C=O) groups is 2. The fourth-order valence-corrected chi connectivity index (χ4v) is 1.40. The number of ether oxygens (including phenoxy) is 3. The second-order valence-electron chi connectivity index (χ2n) is 3.52. The summed E-state index contributed by atoms with van der Waals surface area (Å²) in [6.45, 7) is 5.31. The molecule has 7 nitrogen and oxygen atoms in total. The summed E-state index contributed by atoms with van der Waals surface area (Å²) in [7, 11) is 0. The smallest absolute Gasteiger partial charge is 0.353 e. The molecule has 1 aromatic rings. The minimum Gasteiger partial charge on any atom is -0.465 e. The van der Waals surface area contributed by atoms with Gasteiger partial charge in [0.2, 0.25) is 0 Å². The molecule has 0 aliphatic heterocycles. The molecule has 0 spiro atoms. The Hall–Kier alpha value is -2.31. The molecule has 1 rings (SSSR count). The van der Waals surface area contributed by atoms with Gasteiger partial charge in [0, 0.05) is 0 Å². The molecule has 7 heteroatoms. The fourth-order valence-electron chi connectivity index (χ4n) is 1.40. The monoisotopic (exact) mass is 284 g/mol. The summed E-state index contributed by atoms with van der Waals surface area (Å²) in [5.74, 6) is -1.89. The minimum absolute atomic E-state index is 0.0974. The largest absolute Gasteiger partial charge is 0.465 e. The summed E-state index contributed by atoms with van der Waals surface area (Å²) in [6.07, 6.45) is 0. The quantitative estimate of drug-likeness (QED) is 0.729. The Labute approximate surface area is 115 Å². The van der Waals surface area contributed by atoms with Crippen molar-refractivity contribution in [2.45, 2.75) is 20.8 Å². The van der Waals surface area contributed by atoms with E-state index in [4.69, 9.17) is 18.6 Å². The topological polar surface area (TPSA) is 92.0 Å². The van der Waals surface area contributed by atoms with Crippen LogP contribution >= 0.6 is 0 Å². The van der Waals surface area contributed by atoms with E-state index in [0.29, 0.717) is 0 Å². The zero-order valence-electron chi connectivity index (χ0n) is 11.6. The van der Waals surface area contributed by atoms with Gasteiger partial charge in [-0.15, -0.1) is 0 Å². The highest BCUT2D eigenvalue weighted by molar-refractivity contribution is 5.96. The molecule has 0 bridgehead atoms. The van der Waals surface area contributed by atoms with Crippen molar-refractivity contribution in [1.29, 1.82) is 0 Å². The predicted octanol–water partition coefficient (Wildman–Crippen LogP) is 1.39. The Bertz CT molecular complexity index is 544. The summed E-state index contributed by atoms with van der Waals surface area (Å²) in [5, 5.41) is 0. The van der Waals surface area contributed by atoms with Crippen LogP contribution in [0, 0.1) is 0 Å². The molecule has 0 aliphatic rings. The third-order valence-corrected chi connectivity index (χ3v) is 2.18. The van der Waals surface area contributed by atoms with Gasteiger partial charge in [-0.2, -0.15) is 0 Å². The predicted molar refractivity (Wildman–Crippen MR) is 68.1 cm³/mol. The molecule has 0 amide bonds. The van der Waals surface area contributed by atoms with Crippen molar-refractivity contribution in [3.8, 4) is 5.95 Å². The number of carbonyl (C=O) groups excluding carboxylic acids is 2. The lowest BCUT2D eigenvalue weighted by Crippen LogP contribution is -2.20. The van der Waals surface area contributed by atoms with Crippen LogP contribution in [-0.2, 0) is 9.47 Å². The van der Waals surface area contributed by atoms with E-state index in [1.165, 1.54) is 0 Å². The molecule has 0 aromatic carbocycles. The third kappa shape index (κ3) is 3.59. The van der Waals surface area contributed by atoms with Gasteiger partial charge in [-0.1, -0.05) is 0 Å². The Morgan fingerprint density at radius 3 is 2.05 bits per heavy atom. The zero-order chi connectivity index (χ0) is 15.1. The molecule has 1 heterocycles. The van der Waals surface area contributed by atoms with Crippen molar-refractivity contribution in [2.75, 3.05) is 19.8 Å². The van der Waals surface area contributed by atoms with Crippen molar-refractivity contribution in [3.63, 3.8) is 0 Å². The molecule has 0 aliphatic carbocycles. The maximum Gasteiger partial charge on any atom is 0.353 e. The van der Waals surface area contributed by atoms with E-state index in [9.17, 15) is 14.4 Å². The second-order valence-corrected chi connectivity index (χ2v) is 3.52. The summed E-state index contributed by atoms with van der Waals surface area (Å²) < 4.78 is 19.4. The van der Waals surface area contributed by atoms with Gasteiger partial charge in [-0.3, -0.25) is 0 Å². The molecule has 1 aromatic heterocycles. The highest BCUT2D eigenvalue weighted by Crippen LogP contribution is 2.19. The molecule has 0 saturated carbocycles. The Morgan fingerprint density at radius 1 is 1.00 bits per heavy atom. The van der Waals surface area contributed by atoms with E-state index in [-0.39, 0.29) is 36.9 Å². The minimum atomic E-state index is -0.931. The maximum atomic E-state index is 11.8. The van der Waals surface area contributed by atoms with Crippen LogP contribution in [0.25, 0.3) is 0 Å². The molecule has 0 saturated heterocycles.